The maximum Gasteiger partial charge on any atom is 0.226 e. The molecule has 0 spiro atoms. The summed E-state index contributed by atoms with van der Waals surface area (Å²) in [6.07, 6.45) is 0.470. The van der Waals surface area contributed by atoms with Gasteiger partial charge in [-0.3, -0.25) is 0 Å². The van der Waals surface area contributed by atoms with Crippen molar-refractivity contribution in [3.05, 3.63) is 5.56 Å². The summed E-state index contributed by atoms with van der Waals surface area (Å²) in [6, 6.07) is 0. The van der Waals surface area contributed by atoms with Crippen LogP contribution in [0.5, 0.6) is 11.8 Å². The minimum atomic E-state index is -0.252. The summed E-state index contributed by atoms with van der Waals surface area (Å²) in [6.45, 7) is 1.77. The number of anilines is 1. The average molecular weight is 155 g/mol. The third-order valence-electron chi connectivity index (χ3n) is 1.33. The lowest BCUT2D eigenvalue weighted by atomic mass is 10.2. The van der Waals surface area contributed by atoms with E-state index in [0.29, 0.717) is 12.0 Å². The molecule has 0 saturated heterocycles. The van der Waals surface area contributed by atoms with E-state index >= 15 is 0 Å². The molecule has 0 unspecified atom stereocenters. The highest BCUT2D eigenvalue weighted by molar-refractivity contribution is 5.38. The fraction of sp³-hybridized carbons (Fsp3) is 0.333. The van der Waals surface area contributed by atoms with Crippen molar-refractivity contribution in [2.24, 2.45) is 0 Å². The predicted molar refractivity (Wildman–Crippen MR) is 39.2 cm³/mol. The molecule has 1 heterocycles. The zero-order chi connectivity index (χ0) is 8.43. The van der Waals surface area contributed by atoms with Crippen LogP contribution in [-0.4, -0.2) is 20.2 Å². The molecule has 0 fully saturated rings. The second kappa shape index (κ2) is 2.61. The fourth-order valence-corrected chi connectivity index (χ4v) is 0.793. The first-order valence-electron chi connectivity index (χ1n) is 3.19. The van der Waals surface area contributed by atoms with Gasteiger partial charge in [-0.15, -0.1) is 0 Å². The molecule has 1 aromatic heterocycles. The first kappa shape index (κ1) is 7.59. The molecule has 11 heavy (non-hydrogen) atoms. The van der Waals surface area contributed by atoms with E-state index in [9.17, 15) is 0 Å². The lowest BCUT2D eigenvalue weighted by Gasteiger charge is -2.02. The molecule has 0 aliphatic carbocycles. The monoisotopic (exact) mass is 155 g/mol. The number of aromatic nitrogens is 2. The van der Waals surface area contributed by atoms with Gasteiger partial charge < -0.3 is 15.9 Å². The van der Waals surface area contributed by atoms with Crippen LogP contribution in [0, 0.1) is 0 Å². The van der Waals surface area contributed by atoms with Crippen LogP contribution >= 0.6 is 0 Å². The number of aromatic hydroxyl groups is 2. The van der Waals surface area contributed by atoms with E-state index < -0.39 is 0 Å². The van der Waals surface area contributed by atoms with Crippen molar-refractivity contribution in [2.75, 3.05) is 5.73 Å². The Labute approximate surface area is 63.5 Å². The number of hydrogen-bond donors (Lipinski definition) is 3. The van der Waals surface area contributed by atoms with Gasteiger partial charge >= 0.3 is 0 Å². The van der Waals surface area contributed by atoms with Crippen LogP contribution in [0.25, 0.3) is 0 Å². The van der Waals surface area contributed by atoms with E-state index in [1.165, 1.54) is 0 Å². The van der Waals surface area contributed by atoms with Gasteiger partial charge in [-0.1, -0.05) is 6.92 Å². The molecule has 0 radical (unpaired) electrons. The van der Waals surface area contributed by atoms with Gasteiger partial charge in [-0.25, -0.2) is 0 Å². The molecule has 60 valence electrons. The minimum absolute atomic E-state index is 0.128. The molecule has 0 saturated carbocycles. The molecular weight excluding hydrogens is 146 g/mol. The molecule has 0 aliphatic rings. The maximum atomic E-state index is 9.08. The van der Waals surface area contributed by atoms with Crippen LogP contribution < -0.4 is 5.73 Å². The van der Waals surface area contributed by atoms with E-state index in [4.69, 9.17) is 15.9 Å². The van der Waals surface area contributed by atoms with Crippen molar-refractivity contribution in [1.82, 2.24) is 9.97 Å². The number of rotatable bonds is 1. The standard InChI is InChI=1S/C6H9N3O2/c1-2-3-4(10)8-6(7)9-5(3)11/h2H2,1H3,(H4,7,8,9,10,11). The summed E-state index contributed by atoms with van der Waals surface area (Å²) < 4.78 is 0. The first-order chi connectivity index (χ1) is 5.15. The largest absolute Gasteiger partial charge is 0.493 e. The normalized spacial score (nSPS) is 9.91. The van der Waals surface area contributed by atoms with E-state index in [1.54, 1.807) is 6.92 Å². The SMILES string of the molecule is CCc1c(O)nc(N)nc1O. The summed E-state index contributed by atoms with van der Waals surface area (Å²) >= 11 is 0. The molecule has 1 rings (SSSR count). The van der Waals surface area contributed by atoms with Gasteiger partial charge in [-0.05, 0) is 6.42 Å². The topological polar surface area (TPSA) is 92.3 Å². The molecule has 5 heteroatoms. The Morgan fingerprint density at radius 3 is 2.09 bits per heavy atom. The van der Waals surface area contributed by atoms with Crippen molar-refractivity contribution in [2.45, 2.75) is 13.3 Å². The van der Waals surface area contributed by atoms with E-state index in [1.807, 2.05) is 0 Å². The third-order valence-corrected chi connectivity index (χ3v) is 1.33. The van der Waals surface area contributed by atoms with Crippen LogP contribution in [0.2, 0.25) is 0 Å². The molecule has 0 atom stereocenters. The average Bonchev–Trinajstić information content (AvgIpc) is 1.85. The summed E-state index contributed by atoms with van der Waals surface area (Å²) in [5.74, 6) is -0.632. The molecule has 4 N–H and O–H groups in total. The minimum Gasteiger partial charge on any atom is -0.493 e. The summed E-state index contributed by atoms with van der Waals surface area (Å²) in [7, 11) is 0. The summed E-state index contributed by atoms with van der Waals surface area (Å²) in [5.41, 5.74) is 5.46. The molecule has 5 nitrogen and oxygen atoms in total. The molecular formula is C6H9N3O2. The van der Waals surface area contributed by atoms with Gasteiger partial charge in [0.05, 0.1) is 5.56 Å². The molecule has 0 bridgehead atoms. The fourth-order valence-electron chi connectivity index (χ4n) is 0.793. The molecule has 0 aromatic carbocycles. The van der Waals surface area contributed by atoms with Crippen LogP contribution in [0.3, 0.4) is 0 Å². The van der Waals surface area contributed by atoms with Gasteiger partial charge in [0, 0.05) is 0 Å². The molecule has 1 aromatic rings. The summed E-state index contributed by atoms with van der Waals surface area (Å²) in [5, 5.41) is 18.2. The number of nitrogen functional groups attached to an aromatic ring is 1. The summed E-state index contributed by atoms with van der Waals surface area (Å²) in [4.78, 5) is 6.93. The number of nitrogens with two attached hydrogens (primary N) is 1. The Kier molecular flexibility index (Phi) is 1.80. The van der Waals surface area contributed by atoms with Gasteiger partial charge in [0.25, 0.3) is 0 Å². The van der Waals surface area contributed by atoms with Gasteiger partial charge in [0.2, 0.25) is 17.7 Å². The van der Waals surface area contributed by atoms with Crippen LogP contribution in [0.1, 0.15) is 12.5 Å². The maximum absolute atomic E-state index is 9.08. The van der Waals surface area contributed by atoms with Gasteiger partial charge in [0.15, 0.2) is 0 Å². The van der Waals surface area contributed by atoms with E-state index in [2.05, 4.69) is 9.97 Å². The van der Waals surface area contributed by atoms with Crippen LogP contribution in [0.4, 0.5) is 5.95 Å². The lowest BCUT2D eigenvalue weighted by Crippen LogP contribution is -1.97. The first-order valence-corrected chi connectivity index (χ1v) is 3.19. The second-order valence-corrected chi connectivity index (χ2v) is 2.06. The molecule has 0 aliphatic heterocycles. The van der Waals surface area contributed by atoms with Gasteiger partial charge in [-0.2, -0.15) is 9.97 Å². The van der Waals surface area contributed by atoms with Crippen LogP contribution in [0.15, 0.2) is 0 Å². The lowest BCUT2D eigenvalue weighted by molar-refractivity contribution is 0.412. The Balaban J connectivity index is 3.25. The Morgan fingerprint density at radius 2 is 1.73 bits per heavy atom. The van der Waals surface area contributed by atoms with Crippen molar-refractivity contribution in [3.63, 3.8) is 0 Å². The van der Waals surface area contributed by atoms with E-state index in [-0.39, 0.29) is 17.7 Å². The Hall–Kier alpha value is -1.52. The zero-order valence-corrected chi connectivity index (χ0v) is 6.07. The predicted octanol–water partition coefficient (Wildman–Crippen LogP) is 0.0324. The third kappa shape index (κ3) is 1.31. The van der Waals surface area contributed by atoms with Crippen LogP contribution in [-0.2, 0) is 6.42 Å². The highest BCUT2D eigenvalue weighted by atomic mass is 16.3. The van der Waals surface area contributed by atoms with Crippen molar-refractivity contribution in [3.8, 4) is 11.8 Å². The van der Waals surface area contributed by atoms with Crippen molar-refractivity contribution in [1.29, 1.82) is 0 Å². The van der Waals surface area contributed by atoms with Crippen molar-refractivity contribution < 1.29 is 10.2 Å². The second-order valence-electron chi connectivity index (χ2n) is 2.06. The zero-order valence-electron chi connectivity index (χ0n) is 6.07. The number of nitrogens with zero attached hydrogens (tertiary/aromatic N) is 2. The smallest absolute Gasteiger partial charge is 0.226 e. The van der Waals surface area contributed by atoms with E-state index in [0.717, 1.165) is 0 Å². The number of hydrogen-bond acceptors (Lipinski definition) is 5. The molecule has 0 amide bonds. The highest BCUT2D eigenvalue weighted by Gasteiger charge is 2.08. The Morgan fingerprint density at radius 1 is 1.27 bits per heavy atom. The van der Waals surface area contributed by atoms with Crippen molar-refractivity contribution >= 4 is 5.95 Å². The Bertz CT molecular complexity index is 252. The highest BCUT2D eigenvalue weighted by Crippen LogP contribution is 2.23. The van der Waals surface area contributed by atoms with Gasteiger partial charge in [0.1, 0.15) is 0 Å². The quantitative estimate of drug-likeness (QED) is 0.532.